The molecule has 0 bridgehead atoms. The number of carbonyl (C=O) groups excluding carboxylic acids is 5. The summed E-state index contributed by atoms with van der Waals surface area (Å²) in [6.45, 7) is 13.2. The quantitative estimate of drug-likeness (QED) is 0.154. The average molecular weight is 708 g/mol. The van der Waals surface area contributed by atoms with E-state index in [0.717, 1.165) is 11.1 Å². The van der Waals surface area contributed by atoms with Crippen molar-refractivity contribution in [2.75, 3.05) is 0 Å². The Morgan fingerprint density at radius 3 is 1.96 bits per heavy atom. The SMILES string of the molecule is CC(C)C[C@H](NC(=O)C[C@@H]1CC[C@@H](O)[C@@H]1NC(=O)[C@H](Cc1ccccc1)NC(=O)[C@@H](NC(=O)OCc1ccccc1)C(C)C)C(=O)NC(C)(C)C. The van der Waals surface area contributed by atoms with Crippen molar-refractivity contribution in [3.05, 3.63) is 71.8 Å². The highest BCUT2D eigenvalue weighted by atomic mass is 16.5. The fraction of sp³-hybridized carbons (Fsp3) is 0.564. The molecule has 0 aliphatic heterocycles. The first kappa shape index (κ1) is 41.0. The van der Waals surface area contributed by atoms with Crippen molar-refractivity contribution >= 4 is 29.7 Å². The van der Waals surface area contributed by atoms with Crippen LogP contribution in [-0.4, -0.2) is 70.6 Å². The summed E-state index contributed by atoms with van der Waals surface area (Å²) in [5.41, 5.74) is 1.12. The van der Waals surface area contributed by atoms with Crippen LogP contribution in [0.5, 0.6) is 0 Å². The van der Waals surface area contributed by atoms with Gasteiger partial charge in [0.1, 0.15) is 24.7 Å². The van der Waals surface area contributed by atoms with E-state index in [1.165, 1.54) is 0 Å². The van der Waals surface area contributed by atoms with E-state index in [0.29, 0.717) is 19.3 Å². The van der Waals surface area contributed by atoms with E-state index in [-0.39, 0.29) is 43.1 Å². The summed E-state index contributed by atoms with van der Waals surface area (Å²) < 4.78 is 5.34. The molecule has 5 amide bonds. The Balaban J connectivity index is 1.71. The number of hydrogen-bond donors (Lipinski definition) is 6. The summed E-state index contributed by atoms with van der Waals surface area (Å²) in [5, 5.41) is 25.1. The van der Waals surface area contributed by atoms with Crippen molar-refractivity contribution in [1.29, 1.82) is 0 Å². The van der Waals surface area contributed by atoms with Gasteiger partial charge in [-0.05, 0) is 68.9 Å². The molecule has 0 heterocycles. The van der Waals surface area contributed by atoms with Gasteiger partial charge in [0, 0.05) is 18.4 Å². The standard InChI is InChI=1S/C39H57N5O7/c1-24(2)20-29(36(48)44-39(5,6)7)40-32(46)22-28-18-19-31(45)34(28)42-35(47)30(21-26-14-10-8-11-15-26)41-37(49)33(25(3)4)43-38(50)51-23-27-16-12-9-13-17-27/h8-17,24-25,28-31,33-34,45H,18-23H2,1-7H3,(H,40,46)(H,41,49)(H,42,47)(H,43,50)(H,44,48)/t28-,29-,30-,31+,33-,34+/m0/s1. The third-order valence-corrected chi connectivity index (χ3v) is 8.72. The summed E-state index contributed by atoms with van der Waals surface area (Å²) in [6, 6.07) is 14.8. The second-order valence-electron chi connectivity index (χ2n) is 15.3. The number of nitrogens with one attached hydrogen (secondary N) is 5. The van der Waals surface area contributed by atoms with Gasteiger partial charge in [-0.3, -0.25) is 19.2 Å². The molecule has 3 rings (SSSR count). The molecular weight excluding hydrogens is 650 g/mol. The molecule has 2 aromatic rings. The molecule has 1 saturated carbocycles. The minimum Gasteiger partial charge on any atom is -0.445 e. The smallest absolute Gasteiger partial charge is 0.408 e. The lowest BCUT2D eigenvalue weighted by Gasteiger charge is -2.29. The summed E-state index contributed by atoms with van der Waals surface area (Å²) in [7, 11) is 0. The number of benzene rings is 2. The molecule has 1 aliphatic carbocycles. The maximum absolute atomic E-state index is 13.9. The molecule has 280 valence electrons. The van der Waals surface area contributed by atoms with Crippen molar-refractivity contribution in [3.63, 3.8) is 0 Å². The van der Waals surface area contributed by atoms with Gasteiger partial charge in [0.25, 0.3) is 0 Å². The van der Waals surface area contributed by atoms with E-state index >= 15 is 0 Å². The summed E-state index contributed by atoms with van der Waals surface area (Å²) in [5.74, 6) is -2.28. The normalized spacial score (nSPS) is 19.1. The Hall–Kier alpha value is -4.45. The molecule has 12 nitrogen and oxygen atoms in total. The van der Waals surface area contributed by atoms with E-state index in [4.69, 9.17) is 4.74 Å². The zero-order chi connectivity index (χ0) is 37.7. The van der Waals surface area contributed by atoms with Crippen LogP contribution in [0.4, 0.5) is 4.79 Å². The number of carbonyl (C=O) groups is 5. The molecule has 51 heavy (non-hydrogen) atoms. The predicted molar refractivity (Wildman–Crippen MR) is 195 cm³/mol. The van der Waals surface area contributed by atoms with E-state index < -0.39 is 59.6 Å². The third kappa shape index (κ3) is 14.0. The lowest BCUT2D eigenvalue weighted by atomic mass is 9.96. The Kier molecular flexibility index (Phi) is 15.5. The van der Waals surface area contributed by atoms with Crippen LogP contribution >= 0.6 is 0 Å². The maximum Gasteiger partial charge on any atom is 0.408 e. The topological polar surface area (TPSA) is 175 Å². The molecular formula is C39H57N5O7. The lowest BCUT2D eigenvalue weighted by molar-refractivity contribution is -0.132. The first-order valence-electron chi connectivity index (χ1n) is 17.9. The monoisotopic (exact) mass is 707 g/mol. The first-order valence-corrected chi connectivity index (χ1v) is 17.9. The minimum atomic E-state index is -1.05. The zero-order valence-corrected chi connectivity index (χ0v) is 31.0. The second kappa shape index (κ2) is 19.2. The number of aliphatic hydroxyl groups is 1. The molecule has 2 aromatic carbocycles. The van der Waals surface area contributed by atoms with Gasteiger partial charge < -0.3 is 36.4 Å². The van der Waals surface area contributed by atoms with Gasteiger partial charge in [0.15, 0.2) is 0 Å². The molecule has 0 unspecified atom stereocenters. The molecule has 6 N–H and O–H groups in total. The minimum absolute atomic E-state index is 0.000449. The van der Waals surface area contributed by atoms with E-state index in [9.17, 15) is 29.1 Å². The average Bonchev–Trinajstić information content (AvgIpc) is 3.39. The van der Waals surface area contributed by atoms with E-state index in [1.807, 2.05) is 95.3 Å². The molecule has 12 heteroatoms. The van der Waals surface area contributed by atoms with E-state index in [1.54, 1.807) is 13.8 Å². The molecule has 1 fully saturated rings. The number of ether oxygens (including phenoxy) is 1. The van der Waals surface area contributed by atoms with Gasteiger partial charge in [-0.1, -0.05) is 88.4 Å². The van der Waals surface area contributed by atoms with Crippen LogP contribution in [0.1, 0.15) is 85.3 Å². The number of hydrogen-bond acceptors (Lipinski definition) is 7. The molecule has 6 atom stereocenters. The van der Waals surface area contributed by atoms with Gasteiger partial charge in [0.2, 0.25) is 23.6 Å². The van der Waals surface area contributed by atoms with Crippen molar-refractivity contribution in [2.45, 2.75) is 123 Å². The second-order valence-corrected chi connectivity index (χ2v) is 15.3. The number of rotatable bonds is 16. The molecule has 0 aromatic heterocycles. The summed E-state index contributed by atoms with van der Waals surface area (Å²) in [4.78, 5) is 66.5. The predicted octanol–water partition coefficient (Wildman–Crippen LogP) is 3.76. The molecule has 0 saturated heterocycles. The van der Waals surface area contributed by atoms with Gasteiger partial charge in [-0.15, -0.1) is 0 Å². The first-order chi connectivity index (χ1) is 24.0. The Bertz CT molecular complexity index is 1440. The molecule has 0 spiro atoms. The Morgan fingerprint density at radius 1 is 0.784 bits per heavy atom. The fourth-order valence-electron chi connectivity index (χ4n) is 6.16. The fourth-order valence-corrected chi connectivity index (χ4v) is 6.16. The van der Waals surface area contributed by atoms with Crippen molar-refractivity contribution in [3.8, 4) is 0 Å². The van der Waals surface area contributed by atoms with Crippen LogP contribution in [-0.2, 0) is 36.9 Å². The van der Waals surface area contributed by atoms with Gasteiger partial charge in [-0.2, -0.15) is 0 Å². The maximum atomic E-state index is 13.9. The number of amides is 5. The summed E-state index contributed by atoms with van der Waals surface area (Å²) in [6.07, 6.45) is -0.196. The highest BCUT2D eigenvalue weighted by molar-refractivity contribution is 5.92. The molecule has 0 radical (unpaired) electrons. The van der Waals surface area contributed by atoms with Gasteiger partial charge in [0.05, 0.1) is 12.1 Å². The lowest BCUT2D eigenvalue weighted by Crippen LogP contribution is -2.58. The highest BCUT2D eigenvalue weighted by Crippen LogP contribution is 2.29. The largest absolute Gasteiger partial charge is 0.445 e. The van der Waals surface area contributed by atoms with Crippen LogP contribution in [0.3, 0.4) is 0 Å². The van der Waals surface area contributed by atoms with Crippen LogP contribution in [0.25, 0.3) is 0 Å². The van der Waals surface area contributed by atoms with Crippen LogP contribution in [0, 0.1) is 17.8 Å². The van der Waals surface area contributed by atoms with Crippen LogP contribution in [0.15, 0.2) is 60.7 Å². The van der Waals surface area contributed by atoms with Gasteiger partial charge >= 0.3 is 6.09 Å². The van der Waals surface area contributed by atoms with Gasteiger partial charge in [-0.25, -0.2) is 4.79 Å². The highest BCUT2D eigenvalue weighted by Gasteiger charge is 2.39. The molecule has 1 aliphatic rings. The van der Waals surface area contributed by atoms with Crippen molar-refractivity contribution in [2.24, 2.45) is 17.8 Å². The van der Waals surface area contributed by atoms with Crippen molar-refractivity contribution < 1.29 is 33.8 Å². The Labute approximate surface area is 302 Å². The number of alkyl carbamates (subject to hydrolysis) is 1. The van der Waals surface area contributed by atoms with Crippen molar-refractivity contribution in [1.82, 2.24) is 26.6 Å². The zero-order valence-electron chi connectivity index (χ0n) is 31.0. The van der Waals surface area contributed by atoms with Crippen LogP contribution in [0.2, 0.25) is 0 Å². The number of aliphatic hydroxyl groups excluding tert-OH is 1. The summed E-state index contributed by atoms with van der Waals surface area (Å²) >= 11 is 0. The van der Waals surface area contributed by atoms with E-state index in [2.05, 4.69) is 26.6 Å². The van der Waals surface area contributed by atoms with Crippen LogP contribution < -0.4 is 26.6 Å². The third-order valence-electron chi connectivity index (χ3n) is 8.72. The Morgan fingerprint density at radius 2 is 1.39 bits per heavy atom.